The molecule has 0 radical (unpaired) electrons. The van der Waals surface area contributed by atoms with Crippen molar-refractivity contribution in [3.63, 3.8) is 0 Å². The Balaban J connectivity index is 0.936. The number of hydrogen-bond acceptors (Lipinski definition) is 2. The maximum absolute atomic E-state index is 2.62. The van der Waals surface area contributed by atoms with Gasteiger partial charge in [0.25, 0.3) is 0 Å². The number of rotatable bonds is 14. The molecule has 2 aliphatic carbocycles. The molecule has 16 rings (SSSR count). The van der Waals surface area contributed by atoms with E-state index in [1.807, 2.05) is 0 Å². The molecule has 2 aliphatic rings. The Labute approximate surface area is 543 Å². The molecule has 0 spiro atoms. The standard InChI is InChI=1S/C90H76N2/c1-57(2)75-53-65(89(63-29-13-9-14-30-63)79-41-25-21-37-69(79)70-38-22-26-42-80(70)89)54-76(58(3)4)87(75)91(67-33-17-11-18-34-67)83-51-47-61-46-50-74-84(52-48-62-45-49-73(83)85(61)86(62)74)92(68-35-19-12-20-36-68)88-77(59(5)6)55-66(56-78(88)60(7)8)90(64-31-15-10-16-32-64)81-43-27-23-39-71(81)72-40-24-28-44-82(72)90/h9-60H,1-8H3. The third kappa shape index (κ3) is 8.45. The second kappa shape index (κ2) is 22.3. The largest absolute Gasteiger partial charge is 0.309 e. The molecule has 0 N–H and O–H groups in total. The van der Waals surface area contributed by atoms with Crippen molar-refractivity contribution >= 4 is 66.4 Å². The monoisotopic (exact) mass is 1180 g/mol. The van der Waals surface area contributed by atoms with Crippen molar-refractivity contribution in [2.24, 2.45) is 0 Å². The first-order valence-electron chi connectivity index (χ1n) is 33.3. The Bertz CT molecular complexity index is 4640. The first-order valence-corrected chi connectivity index (χ1v) is 33.3. The molecule has 0 unspecified atom stereocenters. The molecule has 0 saturated carbocycles. The molecule has 2 nitrogen and oxygen atoms in total. The van der Waals surface area contributed by atoms with Crippen molar-refractivity contribution in [1.29, 1.82) is 0 Å². The smallest absolute Gasteiger partial charge is 0.0713 e. The van der Waals surface area contributed by atoms with Crippen LogP contribution in [0, 0.1) is 0 Å². The van der Waals surface area contributed by atoms with Crippen molar-refractivity contribution in [3.8, 4) is 22.3 Å². The maximum atomic E-state index is 2.62. The summed E-state index contributed by atoms with van der Waals surface area (Å²) in [6.45, 7) is 19.1. The molecule has 14 aromatic rings. The van der Waals surface area contributed by atoms with Crippen LogP contribution in [0.5, 0.6) is 0 Å². The van der Waals surface area contributed by atoms with Gasteiger partial charge in [-0.15, -0.1) is 0 Å². The molecular formula is C90H76N2. The van der Waals surface area contributed by atoms with Crippen LogP contribution in [0.2, 0.25) is 0 Å². The Hall–Kier alpha value is -10.3. The van der Waals surface area contributed by atoms with Crippen molar-refractivity contribution in [2.45, 2.75) is 89.9 Å². The van der Waals surface area contributed by atoms with E-state index in [2.05, 4.69) is 356 Å². The molecule has 0 fully saturated rings. The van der Waals surface area contributed by atoms with E-state index < -0.39 is 10.8 Å². The number of anilines is 6. The van der Waals surface area contributed by atoms with E-state index in [1.54, 1.807) is 0 Å². The lowest BCUT2D eigenvalue weighted by atomic mass is 9.66. The van der Waals surface area contributed by atoms with E-state index in [-0.39, 0.29) is 23.7 Å². The van der Waals surface area contributed by atoms with Crippen LogP contribution in [0.3, 0.4) is 0 Å². The first kappa shape index (κ1) is 56.9. The zero-order valence-electron chi connectivity index (χ0n) is 53.9. The van der Waals surface area contributed by atoms with Gasteiger partial charge in [0.15, 0.2) is 0 Å². The normalized spacial score (nSPS) is 13.6. The minimum atomic E-state index is -0.539. The van der Waals surface area contributed by atoms with E-state index in [9.17, 15) is 0 Å². The minimum Gasteiger partial charge on any atom is -0.309 e. The molecule has 14 aromatic carbocycles. The van der Waals surface area contributed by atoms with Crippen LogP contribution in [0.15, 0.2) is 291 Å². The zero-order chi connectivity index (χ0) is 62.6. The fraction of sp³-hybridized carbons (Fsp3) is 0.156. The topological polar surface area (TPSA) is 6.48 Å². The quantitative estimate of drug-likeness (QED) is 0.100. The predicted molar refractivity (Wildman–Crippen MR) is 390 cm³/mol. The van der Waals surface area contributed by atoms with Gasteiger partial charge in [0.2, 0.25) is 0 Å². The molecule has 2 heteroatoms. The lowest BCUT2D eigenvalue weighted by Gasteiger charge is -2.38. The summed E-state index contributed by atoms with van der Waals surface area (Å²) in [5.74, 6) is 0.700. The Morgan fingerprint density at radius 3 is 0.804 bits per heavy atom. The summed E-state index contributed by atoms with van der Waals surface area (Å²) in [4.78, 5) is 5.25. The molecule has 92 heavy (non-hydrogen) atoms. The van der Waals surface area contributed by atoms with Gasteiger partial charge in [0, 0.05) is 22.1 Å². The Morgan fingerprint density at radius 1 is 0.250 bits per heavy atom. The Morgan fingerprint density at radius 2 is 0.511 bits per heavy atom. The number of para-hydroxylation sites is 2. The van der Waals surface area contributed by atoms with Gasteiger partial charge in [-0.2, -0.15) is 0 Å². The van der Waals surface area contributed by atoms with Gasteiger partial charge in [-0.1, -0.05) is 310 Å². The molecule has 0 saturated heterocycles. The number of fused-ring (bicyclic) bond motifs is 6. The molecular weight excluding hydrogens is 1110 g/mol. The van der Waals surface area contributed by atoms with Gasteiger partial charge in [0.05, 0.1) is 33.6 Å². The highest BCUT2D eigenvalue weighted by molar-refractivity contribution is 6.28. The van der Waals surface area contributed by atoms with E-state index in [1.165, 1.54) is 133 Å². The highest BCUT2D eigenvalue weighted by Crippen LogP contribution is 2.61. The van der Waals surface area contributed by atoms with Crippen molar-refractivity contribution in [3.05, 3.63) is 358 Å². The van der Waals surface area contributed by atoms with Crippen LogP contribution in [-0.4, -0.2) is 0 Å². The number of nitrogens with zero attached hydrogens (tertiary/aromatic N) is 2. The summed E-state index contributed by atoms with van der Waals surface area (Å²) in [5.41, 5.74) is 27.0. The van der Waals surface area contributed by atoms with Gasteiger partial charge < -0.3 is 9.80 Å². The molecule has 0 aliphatic heterocycles. The van der Waals surface area contributed by atoms with Gasteiger partial charge in [-0.05, 0) is 171 Å². The third-order valence-electron chi connectivity index (χ3n) is 20.6. The van der Waals surface area contributed by atoms with Crippen LogP contribution in [-0.2, 0) is 10.8 Å². The molecule has 0 atom stereocenters. The maximum Gasteiger partial charge on any atom is 0.0713 e. The SMILES string of the molecule is CC(C)c1cc(C2(c3ccccc3)c3ccccc3-c3ccccc32)cc(C(C)C)c1N(c1ccccc1)c1ccc2ccc3c(N(c4ccccc4)c4c(C(C)C)cc(C5(c6ccccc6)c6ccccc6-c6ccccc65)cc4C(C)C)ccc4ccc1c2c43. The lowest BCUT2D eigenvalue weighted by molar-refractivity contribution is 0.749. The van der Waals surface area contributed by atoms with Crippen molar-refractivity contribution < 1.29 is 0 Å². The summed E-state index contributed by atoms with van der Waals surface area (Å²) in [7, 11) is 0. The summed E-state index contributed by atoms with van der Waals surface area (Å²) in [5, 5.41) is 7.44. The van der Waals surface area contributed by atoms with E-state index >= 15 is 0 Å². The number of hydrogen-bond donors (Lipinski definition) is 0. The van der Waals surface area contributed by atoms with Crippen LogP contribution < -0.4 is 9.80 Å². The third-order valence-corrected chi connectivity index (χ3v) is 20.6. The minimum absolute atomic E-state index is 0.175. The van der Waals surface area contributed by atoms with Crippen molar-refractivity contribution in [2.75, 3.05) is 9.80 Å². The highest BCUT2D eigenvalue weighted by Gasteiger charge is 2.49. The fourth-order valence-corrected chi connectivity index (χ4v) is 16.6. The molecule has 0 amide bonds. The predicted octanol–water partition coefficient (Wildman–Crippen LogP) is 24.7. The highest BCUT2D eigenvalue weighted by atomic mass is 15.2. The van der Waals surface area contributed by atoms with E-state index in [4.69, 9.17) is 0 Å². The van der Waals surface area contributed by atoms with Crippen molar-refractivity contribution in [1.82, 2.24) is 0 Å². The second-order valence-electron chi connectivity index (χ2n) is 27.0. The molecule has 446 valence electrons. The zero-order valence-corrected chi connectivity index (χ0v) is 53.9. The van der Waals surface area contributed by atoms with E-state index in [0.29, 0.717) is 0 Å². The fourth-order valence-electron chi connectivity index (χ4n) is 16.6. The van der Waals surface area contributed by atoms with Gasteiger partial charge in [-0.3, -0.25) is 0 Å². The van der Waals surface area contributed by atoms with E-state index in [0.717, 1.165) is 22.7 Å². The van der Waals surface area contributed by atoms with Crippen LogP contribution in [0.1, 0.15) is 146 Å². The summed E-state index contributed by atoms with van der Waals surface area (Å²) < 4.78 is 0. The van der Waals surface area contributed by atoms with Gasteiger partial charge in [0.1, 0.15) is 0 Å². The first-order chi connectivity index (χ1) is 45.0. The van der Waals surface area contributed by atoms with Crippen LogP contribution in [0.25, 0.3) is 54.6 Å². The summed E-state index contributed by atoms with van der Waals surface area (Å²) in [6.07, 6.45) is 0. The Kier molecular flexibility index (Phi) is 13.8. The summed E-state index contributed by atoms with van der Waals surface area (Å²) in [6, 6.07) is 111. The number of benzene rings is 14. The molecule has 0 bridgehead atoms. The molecule has 0 aromatic heterocycles. The van der Waals surface area contributed by atoms with Gasteiger partial charge in [-0.25, -0.2) is 0 Å². The lowest BCUT2D eigenvalue weighted by Crippen LogP contribution is -2.29. The van der Waals surface area contributed by atoms with Gasteiger partial charge >= 0.3 is 0 Å². The van der Waals surface area contributed by atoms with Crippen LogP contribution in [0.4, 0.5) is 34.1 Å². The second-order valence-corrected chi connectivity index (χ2v) is 27.0. The average molecular weight is 1190 g/mol. The molecule has 0 heterocycles. The summed E-state index contributed by atoms with van der Waals surface area (Å²) >= 11 is 0. The van der Waals surface area contributed by atoms with Crippen LogP contribution >= 0.6 is 0 Å². The average Bonchev–Trinajstić information content (AvgIpc) is 1.43.